The lowest BCUT2D eigenvalue weighted by atomic mass is 10.0. The Bertz CT molecular complexity index is 832. The van der Waals surface area contributed by atoms with Gasteiger partial charge in [0.2, 0.25) is 11.3 Å². The molecular formula is C18H21N3O4. The van der Waals surface area contributed by atoms with Gasteiger partial charge in [0.15, 0.2) is 5.79 Å². The molecule has 0 atom stereocenters. The number of likely N-dealkylation sites (tertiary alicyclic amines) is 1. The fourth-order valence-electron chi connectivity index (χ4n) is 3.58. The van der Waals surface area contributed by atoms with Crippen molar-refractivity contribution in [2.75, 3.05) is 26.3 Å². The smallest absolute Gasteiger partial charge is 0.224 e. The topological polar surface area (TPSA) is 73.7 Å². The zero-order valence-corrected chi connectivity index (χ0v) is 14.0. The number of para-hydroxylation sites is 1. The van der Waals surface area contributed by atoms with Crippen molar-refractivity contribution < 1.29 is 14.3 Å². The third-order valence-electron chi connectivity index (χ3n) is 4.99. The Morgan fingerprint density at radius 1 is 1.16 bits per heavy atom. The van der Waals surface area contributed by atoms with E-state index in [1.54, 1.807) is 10.7 Å². The number of hydrogen-bond acceptors (Lipinski definition) is 5. The van der Waals surface area contributed by atoms with Crippen molar-refractivity contribution in [1.82, 2.24) is 14.7 Å². The summed E-state index contributed by atoms with van der Waals surface area (Å²) in [7, 11) is 0. The number of carbonyl (C=O) groups excluding carboxylic acids is 1. The monoisotopic (exact) mass is 343 g/mol. The number of fused-ring (bicyclic) bond motifs is 1. The van der Waals surface area contributed by atoms with Gasteiger partial charge < -0.3 is 14.4 Å². The molecule has 1 aromatic carbocycles. The summed E-state index contributed by atoms with van der Waals surface area (Å²) in [4.78, 5) is 26.2. The average molecular weight is 343 g/mol. The minimum absolute atomic E-state index is 0.0948. The molecule has 0 unspecified atom stereocenters. The van der Waals surface area contributed by atoms with Crippen molar-refractivity contribution in [3.63, 3.8) is 0 Å². The molecule has 0 saturated carbocycles. The lowest BCUT2D eigenvalue weighted by Gasteiger charge is -2.37. The molecule has 25 heavy (non-hydrogen) atoms. The fraction of sp³-hybridized carbons (Fsp3) is 0.500. The summed E-state index contributed by atoms with van der Waals surface area (Å²) in [6, 6.07) is 7.33. The molecule has 1 spiro atoms. The van der Waals surface area contributed by atoms with Crippen LogP contribution in [-0.4, -0.2) is 52.7 Å². The van der Waals surface area contributed by atoms with E-state index in [2.05, 4.69) is 5.10 Å². The van der Waals surface area contributed by atoms with E-state index in [0.29, 0.717) is 44.7 Å². The lowest BCUT2D eigenvalue weighted by Crippen LogP contribution is -2.47. The number of nitrogens with zero attached hydrogens (tertiary/aromatic N) is 3. The van der Waals surface area contributed by atoms with Crippen molar-refractivity contribution in [2.24, 2.45) is 0 Å². The number of aromatic nitrogens is 2. The van der Waals surface area contributed by atoms with Gasteiger partial charge in [-0.15, -0.1) is 0 Å². The number of aryl methyl sites for hydroxylation is 1. The third kappa shape index (κ3) is 3.17. The second-order valence-corrected chi connectivity index (χ2v) is 6.49. The van der Waals surface area contributed by atoms with Gasteiger partial charge in [0.1, 0.15) is 0 Å². The molecule has 7 heteroatoms. The first kappa shape index (κ1) is 16.2. The summed E-state index contributed by atoms with van der Waals surface area (Å²) >= 11 is 0. The Hall–Kier alpha value is -2.25. The van der Waals surface area contributed by atoms with E-state index < -0.39 is 5.79 Å². The Kier molecular flexibility index (Phi) is 4.27. The van der Waals surface area contributed by atoms with Crippen LogP contribution in [0, 0.1) is 0 Å². The Morgan fingerprint density at radius 2 is 1.88 bits per heavy atom. The minimum Gasteiger partial charge on any atom is -0.347 e. The maximum absolute atomic E-state index is 12.5. The number of ether oxygens (including phenoxy) is 2. The van der Waals surface area contributed by atoms with E-state index >= 15 is 0 Å². The first-order valence-corrected chi connectivity index (χ1v) is 8.67. The van der Waals surface area contributed by atoms with Crippen LogP contribution in [0.4, 0.5) is 0 Å². The second-order valence-electron chi connectivity index (χ2n) is 6.49. The number of rotatable bonds is 3. The molecular weight excluding hydrogens is 322 g/mol. The van der Waals surface area contributed by atoms with Gasteiger partial charge in [0.25, 0.3) is 0 Å². The van der Waals surface area contributed by atoms with Gasteiger partial charge in [-0.1, -0.05) is 12.1 Å². The highest BCUT2D eigenvalue weighted by atomic mass is 16.7. The quantitative estimate of drug-likeness (QED) is 0.836. The minimum atomic E-state index is -0.465. The van der Waals surface area contributed by atoms with Crippen LogP contribution in [0.15, 0.2) is 35.3 Å². The molecule has 0 N–H and O–H groups in total. The maximum atomic E-state index is 12.5. The van der Waals surface area contributed by atoms with Crippen molar-refractivity contribution >= 4 is 16.8 Å². The number of carbonyl (C=O) groups is 1. The molecule has 2 aliphatic rings. The molecule has 2 saturated heterocycles. The predicted molar refractivity (Wildman–Crippen MR) is 91.1 cm³/mol. The standard InChI is InChI=1S/C18H21N3O4/c22-16-13-19-21(15-4-2-1-3-14(15)16)8-5-17(23)20-9-6-18(7-10-20)24-11-12-25-18/h1-4,13H,5-12H2. The van der Waals surface area contributed by atoms with E-state index in [-0.39, 0.29) is 11.3 Å². The van der Waals surface area contributed by atoms with Gasteiger partial charge in [-0.3, -0.25) is 14.3 Å². The maximum Gasteiger partial charge on any atom is 0.224 e. The molecule has 7 nitrogen and oxygen atoms in total. The van der Waals surface area contributed by atoms with Gasteiger partial charge in [-0.2, -0.15) is 5.10 Å². The molecule has 2 aromatic rings. The third-order valence-corrected chi connectivity index (χ3v) is 4.99. The van der Waals surface area contributed by atoms with E-state index in [0.717, 1.165) is 18.4 Å². The zero-order chi connectivity index (χ0) is 17.3. The molecule has 0 aliphatic carbocycles. The highest BCUT2D eigenvalue weighted by Gasteiger charge is 2.40. The van der Waals surface area contributed by atoms with Crippen LogP contribution in [0.2, 0.25) is 0 Å². The fourth-order valence-corrected chi connectivity index (χ4v) is 3.58. The number of hydrogen-bond donors (Lipinski definition) is 0. The predicted octanol–water partition coefficient (Wildman–Crippen LogP) is 1.15. The van der Waals surface area contributed by atoms with Crippen LogP contribution >= 0.6 is 0 Å². The van der Waals surface area contributed by atoms with Crippen LogP contribution in [0.3, 0.4) is 0 Å². The van der Waals surface area contributed by atoms with Gasteiger partial charge >= 0.3 is 0 Å². The van der Waals surface area contributed by atoms with Crippen LogP contribution in [0.1, 0.15) is 19.3 Å². The summed E-state index contributed by atoms with van der Waals surface area (Å²) in [5, 5.41) is 4.80. The highest BCUT2D eigenvalue weighted by molar-refractivity contribution is 5.79. The van der Waals surface area contributed by atoms with Crippen LogP contribution < -0.4 is 5.43 Å². The van der Waals surface area contributed by atoms with E-state index in [9.17, 15) is 9.59 Å². The summed E-state index contributed by atoms with van der Waals surface area (Å²) in [6.07, 6.45) is 3.11. The summed E-state index contributed by atoms with van der Waals surface area (Å²) < 4.78 is 13.1. The molecule has 0 radical (unpaired) electrons. The molecule has 4 rings (SSSR count). The first-order chi connectivity index (χ1) is 12.2. The van der Waals surface area contributed by atoms with Crippen LogP contribution in [0.25, 0.3) is 10.9 Å². The number of benzene rings is 1. The Morgan fingerprint density at radius 3 is 2.64 bits per heavy atom. The van der Waals surface area contributed by atoms with Crippen molar-refractivity contribution in [3.8, 4) is 0 Å². The highest BCUT2D eigenvalue weighted by Crippen LogP contribution is 2.31. The van der Waals surface area contributed by atoms with Gasteiger partial charge in [0, 0.05) is 37.7 Å². The van der Waals surface area contributed by atoms with E-state index in [1.165, 1.54) is 6.20 Å². The lowest BCUT2D eigenvalue weighted by molar-refractivity contribution is -0.187. The van der Waals surface area contributed by atoms with Gasteiger partial charge in [0.05, 0.1) is 31.5 Å². The number of amides is 1. The summed E-state index contributed by atoms with van der Waals surface area (Å²) in [6.45, 7) is 3.03. The van der Waals surface area contributed by atoms with Gasteiger partial charge in [-0.05, 0) is 12.1 Å². The molecule has 0 bridgehead atoms. The Balaban J connectivity index is 1.40. The molecule has 2 fully saturated rings. The molecule has 2 aliphatic heterocycles. The molecule has 132 valence electrons. The summed E-state index contributed by atoms with van der Waals surface area (Å²) in [5.41, 5.74) is 0.657. The first-order valence-electron chi connectivity index (χ1n) is 8.67. The average Bonchev–Trinajstić information content (AvgIpc) is 3.10. The van der Waals surface area contributed by atoms with Crippen molar-refractivity contribution in [3.05, 3.63) is 40.7 Å². The van der Waals surface area contributed by atoms with E-state index in [4.69, 9.17) is 9.47 Å². The van der Waals surface area contributed by atoms with Crippen LogP contribution in [0.5, 0.6) is 0 Å². The van der Waals surface area contributed by atoms with Crippen molar-refractivity contribution in [2.45, 2.75) is 31.6 Å². The van der Waals surface area contributed by atoms with Crippen LogP contribution in [-0.2, 0) is 20.8 Å². The molecule has 3 heterocycles. The molecule has 1 amide bonds. The largest absolute Gasteiger partial charge is 0.347 e. The molecule has 1 aromatic heterocycles. The SMILES string of the molecule is O=C(CCn1ncc(=O)c2ccccc21)N1CCC2(CC1)OCCO2. The zero-order valence-electron chi connectivity index (χ0n) is 14.0. The second kappa shape index (κ2) is 6.57. The normalized spacial score (nSPS) is 19.6. The number of piperidine rings is 1. The van der Waals surface area contributed by atoms with Gasteiger partial charge in [-0.25, -0.2) is 0 Å². The summed E-state index contributed by atoms with van der Waals surface area (Å²) in [5.74, 6) is -0.370. The van der Waals surface area contributed by atoms with Crippen molar-refractivity contribution in [1.29, 1.82) is 0 Å². The van der Waals surface area contributed by atoms with E-state index in [1.807, 2.05) is 23.1 Å². The Labute approximate surface area is 145 Å².